The van der Waals surface area contributed by atoms with Gasteiger partial charge in [-0.2, -0.15) is 9.97 Å². The van der Waals surface area contributed by atoms with Crippen LogP contribution in [0.1, 0.15) is 30.2 Å². The predicted molar refractivity (Wildman–Crippen MR) is 112 cm³/mol. The lowest BCUT2D eigenvalue weighted by molar-refractivity contribution is 0.00445. The highest BCUT2D eigenvalue weighted by atomic mass is 35.5. The molecule has 1 saturated carbocycles. The van der Waals surface area contributed by atoms with Crippen LogP contribution in [0.2, 0.25) is 5.15 Å². The topological polar surface area (TPSA) is 147 Å². The number of aliphatic hydroxyl groups is 3. The van der Waals surface area contributed by atoms with E-state index in [2.05, 4.69) is 32.1 Å². The number of aryl methyl sites for hydroxylation is 1. The van der Waals surface area contributed by atoms with Crippen LogP contribution in [0.4, 0.5) is 11.8 Å². The zero-order valence-electron chi connectivity index (χ0n) is 16.6. The number of pyridine rings is 1. The van der Waals surface area contributed by atoms with Gasteiger partial charge in [-0.15, -0.1) is 0 Å². The van der Waals surface area contributed by atoms with E-state index in [9.17, 15) is 15.3 Å². The van der Waals surface area contributed by atoms with Crippen molar-refractivity contribution in [3.63, 3.8) is 0 Å². The van der Waals surface area contributed by atoms with Crippen molar-refractivity contribution >= 4 is 23.4 Å². The first-order valence-corrected chi connectivity index (χ1v) is 9.90. The molecule has 9 nitrogen and oxygen atoms in total. The molecule has 0 unspecified atom stereocenters. The second kappa shape index (κ2) is 9.45. The molecular weight excluding hydrogens is 410 g/mol. The van der Waals surface area contributed by atoms with E-state index in [0.717, 1.165) is 0 Å². The molecule has 6 N–H and O–H groups in total. The van der Waals surface area contributed by atoms with Gasteiger partial charge in [0.05, 0.1) is 24.4 Å². The standard InChI is InChI=1S/C20H24ClN5O4/c1-3-30-15-7-5-11(10(2)23-15)4-6-13-18(21)25-20(22)26-19(13)24-14-8-12(9-27)16(28)17(14)29/h5,7,12,14,16-17,27-29H,3,8-9H2,1-2H3,(H3,22,24,25,26)/t12-,14-,16-,17+/m0/s1. The van der Waals surface area contributed by atoms with Crippen molar-refractivity contribution in [2.24, 2.45) is 5.92 Å². The van der Waals surface area contributed by atoms with Crippen molar-refractivity contribution in [1.82, 2.24) is 15.0 Å². The SMILES string of the molecule is CCOc1ccc(C#Cc2c(Cl)nc(N)nc2N[C@H]2C[C@@H](CO)[C@H](O)[C@@H]2O)c(C)n1. The van der Waals surface area contributed by atoms with Crippen LogP contribution in [0.15, 0.2) is 12.1 Å². The van der Waals surface area contributed by atoms with Crippen molar-refractivity contribution in [2.45, 2.75) is 38.5 Å². The van der Waals surface area contributed by atoms with Crippen molar-refractivity contribution in [3.8, 4) is 17.7 Å². The molecule has 1 aliphatic rings. The minimum absolute atomic E-state index is 0.0563. The normalized spacial score (nSPS) is 23.0. The summed E-state index contributed by atoms with van der Waals surface area (Å²) in [6, 6.07) is 2.96. The highest BCUT2D eigenvalue weighted by Gasteiger charge is 2.41. The molecule has 0 aromatic carbocycles. The van der Waals surface area contributed by atoms with Gasteiger partial charge in [0.2, 0.25) is 11.8 Å². The van der Waals surface area contributed by atoms with Gasteiger partial charge in [0.1, 0.15) is 17.5 Å². The summed E-state index contributed by atoms with van der Waals surface area (Å²) in [5, 5.41) is 32.8. The highest BCUT2D eigenvalue weighted by molar-refractivity contribution is 6.31. The largest absolute Gasteiger partial charge is 0.478 e. The Kier molecular flexibility index (Phi) is 6.95. The first-order chi connectivity index (χ1) is 14.3. The van der Waals surface area contributed by atoms with E-state index in [-0.39, 0.29) is 23.5 Å². The van der Waals surface area contributed by atoms with Gasteiger partial charge in [-0.3, -0.25) is 0 Å². The number of anilines is 2. The number of nitrogens with zero attached hydrogens (tertiary/aromatic N) is 3. The minimum Gasteiger partial charge on any atom is -0.478 e. The number of nitrogens with two attached hydrogens (primary N) is 1. The number of hydrogen-bond acceptors (Lipinski definition) is 9. The van der Waals surface area contributed by atoms with Gasteiger partial charge in [-0.05, 0) is 26.3 Å². The molecule has 0 radical (unpaired) electrons. The lowest BCUT2D eigenvalue weighted by Crippen LogP contribution is -2.35. The van der Waals surface area contributed by atoms with E-state index < -0.39 is 24.2 Å². The summed E-state index contributed by atoms with van der Waals surface area (Å²) in [5.74, 6) is 6.20. The third-order valence-corrected chi connectivity index (χ3v) is 5.19. The summed E-state index contributed by atoms with van der Waals surface area (Å²) in [5.41, 5.74) is 7.39. The van der Waals surface area contributed by atoms with Gasteiger partial charge >= 0.3 is 0 Å². The second-order valence-electron chi connectivity index (χ2n) is 6.97. The Morgan fingerprint density at radius 3 is 2.63 bits per heavy atom. The Morgan fingerprint density at radius 2 is 2.00 bits per heavy atom. The summed E-state index contributed by atoms with van der Waals surface area (Å²) in [4.78, 5) is 12.5. The van der Waals surface area contributed by atoms with Crippen LogP contribution in [0.3, 0.4) is 0 Å². The number of nitrogen functional groups attached to an aromatic ring is 1. The summed E-state index contributed by atoms with van der Waals surface area (Å²) in [6.45, 7) is 3.98. The van der Waals surface area contributed by atoms with Crippen LogP contribution in [-0.2, 0) is 0 Å². The quantitative estimate of drug-likeness (QED) is 0.340. The molecule has 0 amide bonds. The maximum atomic E-state index is 10.3. The van der Waals surface area contributed by atoms with Gasteiger partial charge in [0.25, 0.3) is 0 Å². The van der Waals surface area contributed by atoms with Gasteiger partial charge in [-0.1, -0.05) is 23.4 Å². The summed E-state index contributed by atoms with van der Waals surface area (Å²) < 4.78 is 5.38. The zero-order chi connectivity index (χ0) is 21.8. The summed E-state index contributed by atoms with van der Waals surface area (Å²) in [7, 11) is 0. The average molecular weight is 434 g/mol. The number of nitrogens with one attached hydrogen (secondary N) is 1. The molecule has 30 heavy (non-hydrogen) atoms. The minimum atomic E-state index is -1.09. The van der Waals surface area contributed by atoms with Crippen molar-refractivity contribution in [1.29, 1.82) is 0 Å². The third-order valence-electron chi connectivity index (χ3n) is 4.92. The Balaban J connectivity index is 1.91. The Bertz CT molecular complexity index is 978. The van der Waals surface area contributed by atoms with E-state index in [4.69, 9.17) is 22.1 Å². The molecular formula is C20H24ClN5O4. The van der Waals surface area contributed by atoms with Gasteiger partial charge in [-0.25, -0.2) is 4.98 Å². The van der Waals surface area contributed by atoms with Crippen molar-refractivity contribution in [2.75, 3.05) is 24.3 Å². The molecule has 4 atom stereocenters. The van der Waals surface area contributed by atoms with Gasteiger partial charge in [0.15, 0.2) is 5.15 Å². The smallest absolute Gasteiger partial charge is 0.223 e. The summed E-state index contributed by atoms with van der Waals surface area (Å²) >= 11 is 6.25. The van der Waals surface area contributed by atoms with Crippen molar-refractivity contribution < 1.29 is 20.1 Å². The molecule has 3 rings (SSSR count). The van der Waals surface area contributed by atoms with E-state index in [1.165, 1.54) is 0 Å². The number of ether oxygens (including phenoxy) is 1. The van der Waals surface area contributed by atoms with E-state index in [1.54, 1.807) is 12.1 Å². The Labute approximate surface area is 179 Å². The fourth-order valence-electron chi connectivity index (χ4n) is 3.32. The maximum absolute atomic E-state index is 10.3. The lowest BCUT2D eigenvalue weighted by Gasteiger charge is -2.19. The number of hydrogen-bond donors (Lipinski definition) is 5. The molecule has 0 aliphatic heterocycles. The molecule has 1 aliphatic carbocycles. The van der Waals surface area contributed by atoms with E-state index >= 15 is 0 Å². The Morgan fingerprint density at radius 1 is 1.23 bits per heavy atom. The molecule has 1 fully saturated rings. The Hall–Kier alpha value is -2.64. The number of rotatable bonds is 5. The van der Waals surface area contributed by atoms with E-state index in [0.29, 0.717) is 35.7 Å². The van der Waals surface area contributed by atoms with Gasteiger partial charge < -0.3 is 31.1 Å². The van der Waals surface area contributed by atoms with Crippen LogP contribution < -0.4 is 15.8 Å². The molecule has 10 heteroatoms. The fourth-order valence-corrected chi connectivity index (χ4v) is 3.54. The molecule has 0 saturated heterocycles. The van der Waals surface area contributed by atoms with Crippen LogP contribution in [-0.4, -0.2) is 61.7 Å². The number of halogens is 1. The van der Waals surface area contributed by atoms with E-state index in [1.807, 2.05) is 13.8 Å². The average Bonchev–Trinajstić information content (AvgIpc) is 2.96. The molecule has 2 heterocycles. The van der Waals surface area contributed by atoms with Crippen LogP contribution >= 0.6 is 11.6 Å². The van der Waals surface area contributed by atoms with Crippen molar-refractivity contribution in [3.05, 3.63) is 34.1 Å². The molecule has 160 valence electrons. The summed E-state index contributed by atoms with van der Waals surface area (Å²) in [6.07, 6.45) is -1.79. The van der Waals surface area contributed by atoms with Crippen LogP contribution in [0, 0.1) is 24.7 Å². The second-order valence-corrected chi connectivity index (χ2v) is 7.33. The molecule has 2 aromatic heterocycles. The van der Waals surface area contributed by atoms with Crippen LogP contribution in [0.25, 0.3) is 0 Å². The first kappa shape index (κ1) is 22.1. The zero-order valence-corrected chi connectivity index (χ0v) is 17.4. The predicted octanol–water partition coefficient (Wildman–Crippen LogP) is 0.729. The van der Waals surface area contributed by atoms with Crippen LogP contribution in [0.5, 0.6) is 5.88 Å². The maximum Gasteiger partial charge on any atom is 0.223 e. The third kappa shape index (κ3) is 4.74. The highest BCUT2D eigenvalue weighted by Crippen LogP contribution is 2.30. The van der Waals surface area contributed by atoms with Gasteiger partial charge in [0, 0.05) is 24.2 Å². The fraction of sp³-hybridized carbons (Fsp3) is 0.450. The number of aliphatic hydroxyl groups excluding tert-OH is 3. The molecule has 2 aromatic rings. The number of aromatic nitrogens is 3. The molecule has 0 spiro atoms. The first-order valence-electron chi connectivity index (χ1n) is 9.53. The molecule has 0 bridgehead atoms. The monoisotopic (exact) mass is 433 g/mol. The lowest BCUT2D eigenvalue weighted by atomic mass is 10.1.